The van der Waals surface area contributed by atoms with Crippen LogP contribution < -0.4 is 4.90 Å². The lowest BCUT2D eigenvalue weighted by molar-refractivity contribution is -0.142. The minimum Gasteiger partial charge on any atom is -0.481 e. The molecule has 1 aromatic heterocycles. The van der Waals surface area contributed by atoms with Gasteiger partial charge in [-0.2, -0.15) is 0 Å². The van der Waals surface area contributed by atoms with E-state index in [0.717, 1.165) is 37.4 Å². The van der Waals surface area contributed by atoms with E-state index in [0.29, 0.717) is 12.8 Å². The van der Waals surface area contributed by atoms with Gasteiger partial charge in [0.1, 0.15) is 0 Å². The molecular formula is C13H19N3O2. The lowest BCUT2D eigenvalue weighted by atomic mass is 9.97. The Morgan fingerprint density at radius 2 is 2.00 bits per heavy atom. The Morgan fingerprint density at radius 1 is 1.39 bits per heavy atom. The van der Waals surface area contributed by atoms with Crippen LogP contribution in [-0.2, 0) is 11.2 Å². The Labute approximate surface area is 107 Å². The van der Waals surface area contributed by atoms with Gasteiger partial charge in [-0.25, -0.2) is 9.97 Å². The molecule has 0 atom stereocenters. The summed E-state index contributed by atoms with van der Waals surface area (Å²) in [5.41, 5.74) is 1.15. The Kier molecular flexibility index (Phi) is 4.12. The summed E-state index contributed by atoms with van der Waals surface area (Å²) in [5, 5.41) is 8.94. The summed E-state index contributed by atoms with van der Waals surface area (Å²) in [5.74, 6) is -0.173. The molecule has 2 heterocycles. The van der Waals surface area contributed by atoms with E-state index in [2.05, 4.69) is 21.8 Å². The van der Waals surface area contributed by atoms with Crippen molar-refractivity contribution in [2.75, 3.05) is 18.0 Å². The molecule has 98 valence electrons. The van der Waals surface area contributed by atoms with Crippen molar-refractivity contribution in [1.29, 1.82) is 0 Å². The van der Waals surface area contributed by atoms with Crippen LogP contribution in [0.2, 0.25) is 0 Å². The number of aryl methyl sites for hydroxylation is 1. The maximum absolute atomic E-state index is 10.9. The summed E-state index contributed by atoms with van der Waals surface area (Å²) in [6.45, 7) is 3.58. The summed E-state index contributed by atoms with van der Waals surface area (Å²) in [7, 11) is 0. The third-order valence-electron chi connectivity index (χ3n) is 3.36. The van der Waals surface area contributed by atoms with Crippen molar-refractivity contribution in [1.82, 2.24) is 9.97 Å². The normalized spacial score (nSPS) is 16.8. The number of rotatable bonds is 4. The Balaban J connectivity index is 1.95. The van der Waals surface area contributed by atoms with Gasteiger partial charge in [0.25, 0.3) is 0 Å². The second-order valence-corrected chi connectivity index (χ2v) is 4.74. The largest absolute Gasteiger partial charge is 0.481 e. The first-order valence-electron chi connectivity index (χ1n) is 6.49. The molecule has 0 unspecified atom stereocenters. The van der Waals surface area contributed by atoms with Crippen LogP contribution in [-0.4, -0.2) is 34.1 Å². The lowest BCUT2D eigenvalue weighted by Gasteiger charge is -2.29. The van der Waals surface area contributed by atoms with E-state index in [4.69, 9.17) is 5.11 Å². The number of piperidine rings is 1. The average Bonchev–Trinajstić information content (AvgIpc) is 2.40. The summed E-state index contributed by atoms with van der Waals surface area (Å²) in [4.78, 5) is 21.6. The van der Waals surface area contributed by atoms with Crippen LogP contribution in [0.3, 0.4) is 0 Å². The molecule has 0 aliphatic carbocycles. The van der Waals surface area contributed by atoms with Crippen molar-refractivity contribution >= 4 is 11.9 Å². The lowest BCUT2D eigenvalue weighted by Crippen LogP contribution is -2.37. The molecule has 0 saturated carbocycles. The van der Waals surface area contributed by atoms with Crippen LogP contribution >= 0.6 is 0 Å². The predicted molar refractivity (Wildman–Crippen MR) is 68.6 cm³/mol. The van der Waals surface area contributed by atoms with Crippen LogP contribution in [0, 0.1) is 5.92 Å². The van der Waals surface area contributed by atoms with E-state index >= 15 is 0 Å². The standard InChI is InChI=1S/C13H19N3O2/c1-2-3-10-8-14-13(15-9-10)16-6-4-11(5-7-16)12(17)18/h8-9,11H,2-7H2,1H3,(H,17,18). The molecule has 0 aromatic carbocycles. The smallest absolute Gasteiger partial charge is 0.306 e. The molecule has 1 aromatic rings. The molecule has 18 heavy (non-hydrogen) atoms. The molecular weight excluding hydrogens is 230 g/mol. The minimum atomic E-state index is -0.686. The fourth-order valence-corrected chi connectivity index (χ4v) is 2.26. The number of aliphatic carboxylic acids is 1. The fourth-order valence-electron chi connectivity index (χ4n) is 2.26. The van der Waals surface area contributed by atoms with Gasteiger partial charge in [-0.3, -0.25) is 4.79 Å². The molecule has 1 aliphatic heterocycles. The van der Waals surface area contributed by atoms with E-state index in [1.807, 2.05) is 12.4 Å². The van der Waals surface area contributed by atoms with Gasteiger partial charge in [-0.05, 0) is 24.8 Å². The Morgan fingerprint density at radius 3 is 2.50 bits per heavy atom. The molecule has 0 bridgehead atoms. The maximum atomic E-state index is 10.9. The SMILES string of the molecule is CCCc1cnc(N2CCC(C(=O)O)CC2)nc1. The van der Waals surface area contributed by atoms with Gasteiger partial charge < -0.3 is 10.0 Å². The van der Waals surface area contributed by atoms with Crippen molar-refractivity contribution in [2.24, 2.45) is 5.92 Å². The highest BCUT2D eigenvalue weighted by molar-refractivity contribution is 5.70. The zero-order valence-corrected chi connectivity index (χ0v) is 10.7. The predicted octanol–water partition coefficient (Wildman–Crippen LogP) is 1.73. The number of carboxylic acid groups (broad SMARTS) is 1. The first kappa shape index (κ1) is 12.8. The van der Waals surface area contributed by atoms with Gasteiger partial charge >= 0.3 is 5.97 Å². The highest BCUT2D eigenvalue weighted by atomic mass is 16.4. The van der Waals surface area contributed by atoms with Crippen LogP contribution in [0.15, 0.2) is 12.4 Å². The van der Waals surface area contributed by atoms with E-state index in [1.54, 1.807) is 0 Å². The number of carbonyl (C=O) groups is 1. The quantitative estimate of drug-likeness (QED) is 0.880. The Bertz CT molecular complexity index is 397. The molecule has 0 amide bonds. The van der Waals surface area contributed by atoms with E-state index in [-0.39, 0.29) is 5.92 Å². The van der Waals surface area contributed by atoms with E-state index < -0.39 is 5.97 Å². The molecule has 1 fully saturated rings. The van der Waals surface area contributed by atoms with Gasteiger partial charge in [0, 0.05) is 25.5 Å². The average molecular weight is 249 g/mol. The zero-order valence-electron chi connectivity index (χ0n) is 10.7. The molecule has 0 radical (unpaired) electrons. The van der Waals surface area contributed by atoms with Crippen molar-refractivity contribution in [3.63, 3.8) is 0 Å². The van der Waals surface area contributed by atoms with Crippen molar-refractivity contribution < 1.29 is 9.90 Å². The van der Waals surface area contributed by atoms with Crippen molar-refractivity contribution in [3.05, 3.63) is 18.0 Å². The zero-order chi connectivity index (χ0) is 13.0. The van der Waals surface area contributed by atoms with Gasteiger partial charge in [-0.15, -0.1) is 0 Å². The number of aromatic nitrogens is 2. The molecule has 0 spiro atoms. The topological polar surface area (TPSA) is 66.3 Å². The number of anilines is 1. The second-order valence-electron chi connectivity index (χ2n) is 4.74. The first-order valence-corrected chi connectivity index (χ1v) is 6.49. The van der Waals surface area contributed by atoms with Crippen molar-refractivity contribution in [3.8, 4) is 0 Å². The molecule has 5 heteroatoms. The van der Waals surface area contributed by atoms with Crippen LogP contribution in [0.5, 0.6) is 0 Å². The van der Waals surface area contributed by atoms with E-state index in [1.165, 1.54) is 0 Å². The Hall–Kier alpha value is -1.65. The molecule has 5 nitrogen and oxygen atoms in total. The third kappa shape index (κ3) is 2.97. The second kappa shape index (κ2) is 5.80. The number of carboxylic acids is 1. The van der Waals surface area contributed by atoms with Gasteiger partial charge in [0.15, 0.2) is 0 Å². The first-order chi connectivity index (χ1) is 8.70. The summed E-state index contributed by atoms with van der Waals surface area (Å²) < 4.78 is 0. The number of nitrogens with zero attached hydrogens (tertiary/aromatic N) is 3. The summed E-state index contributed by atoms with van der Waals surface area (Å²) >= 11 is 0. The fraction of sp³-hybridized carbons (Fsp3) is 0.615. The highest BCUT2D eigenvalue weighted by Crippen LogP contribution is 2.20. The van der Waals surface area contributed by atoms with Crippen LogP contribution in [0.4, 0.5) is 5.95 Å². The molecule has 1 N–H and O–H groups in total. The third-order valence-corrected chi connectivity index (χ3v) is 3.36. The maximum Gasteiger partial charge on any atom is 0.306 e. The molecule has 2 rings (SSSR count). The minimum absolute atomic E-state index is 0.208. The highest BCUT2D eigenvalue weighted by Gasteiger charge is 2.25. The monoisotopic (exact) mass is 249 g/mol. The summed E-state index contributed by atoms with van der Waals surface area (Å²) in [6.07, 6.45) is 7.18. The van der Waals surface area contributed by atoms with Gasteiger partial charge in [-0.1, -0.05) is 13.3 Å². The summed E-state index contributed by atoms with van der Waals surface area (Å²) in [6, 6.07) is 0. The van der Waals surface area contributed by atoms with Crippen molar-refractivity contribution in [2.45, 2.75) is 32.6 Å². The number of hydrogen-bond donors (Lipinski definition) is 1. The van der Waals surface area contributed by atoms with Crippen LogP contribution in [0.1, 0.15) is 31.7 Å². The van der Waals surface area contributed by atoms with Crippen LogP contribution in [0.25, 0.3) is 0 Å². The molecule has 1 saturated heterocycles. The number of hydrogen-bond acceptors (Lipinski definition) is 4. The van der Waals surface area contributed by atoms with E-state index in [9.17, 15) is 4.79 Å². The van der Waals surface area contributed by atoms with Gasteiger partial charge in [0.05, 0.1) is 5.92 Å². The molecule has 1 aliphatic rings. The van der Waals surface area contributed by atoms with Gasteiger partial charge in [0.2, 0.25) is 5.95 Å².